The van der Waals surface area contributed by atoms with Crippen molar-refractivity contribution in [3.05, 3.63) is 54.4 Å². The Morgan fingerprint density at radius 2 is 2.04 bits per heavy atom. The van der Waals surface area contributed by atoms with Gasteiger partial charge >= 0.3 is 0 Å². The highest BCUT2D eigenvalue weighted by molar-refractivity contribution is 5.85. The smallest absolute Gasteiger partial charge is 0.228 e. The van der Waals surface area contributed by atoms with Gasteiger partial charge in [-0.2, -0.15) is 0 Å². The molecular formula is C20H24FN3O. The van der Waals surface area contributed by atoms with Gasteiger partial charge in [-0.15, -0.1) is 0 Å². The lowest BCUT2D eigenvalue weighted by Crippen LogP contribution is -2.43. The topological polar surface area (TPSA) is 46.9 Å². The molecule has 1 N–H and O–H groups in total. The first-order valence-corrected chi connectivity index (χ1v) is 9.12. The van der Waals surface area contributed by atoms with Crippen molar-refractivity contribution in [1.29, 1.82) is 0 Å². The highest BCUT2D eigenvalue weighted by atomic mass is 19.1. The molecule has 4 rings (SSSR count). The van der Waals surface area contributed by atoms with Crippen LogP contribution < -0.4 is 5.32 Å². The Labute approximate surface area is 147 Å². The molecule has 1 heterocycles. The predicted octanol–water partition coefficient (Wildman–Crippen LogP) is 3.43. The van der Waals surface area contributed by atoms with Crippen LogP contribution in [-0.2, 0) is 16.8 Å². The third-order valence-electron chi connectivity index (χ3n) is 5.96. The van der Waals surface area contributed by atoms with Crippen molar-refractivity contribution in [2.24, 2.45) is 5.41 Å². The van der Waals surface area contributed by atoms with Crippen LogP contribution in [-0.4, -0.2) is 22.0 Å². The Bertz CT molecular complexity index is 746. The fourth-order valence-electron chi connectivity index (χ4n) is 4.21. The van der Waals surface area contributed by atoms with Crippen molar-refractivity contribution in [2.75, 3.05) is 6.54 Å². The van der Waals surface area contributed by atoms with E-state index in [1.807, 2.05) is 16.8 Å². The lowest BCUT2D eigenvalue weighted by molar-refractivity contribution is -0.127. The van der Waals surface area contributed by atoms with Crippen LogP contribution in [0.2, 0.25) is 0 Å². The second-order valence-electron chi connectivity index (χ2n) is 7.70. The fraction of sp³-hybridized carbons (Fsp3) is 0.500. The molecule has 4 nitrogen and oxygen atoms in total. The van der Waals surface area contributed by atoms with E-state index in [1.54, 1.807) is 24.7 Å². The Morgan fingerprint density at radius 3 is 2.68 bits per heavy atom. The van der Waals surface area contributed by atoms with Crippen molar-refractivity contribution in [3.63, 3.8) is 0 Å². The number of rotatable bonds is 6. The molecular weight excluding hydrogens is 317 g/mol. The third kappa shape index (κ3) is 3.20. The van der Waals surface area contributed by atoms with Gasteiger partial charge in [-0.1, -0.05) is 25.0 Å². The van der Waals surface area contributed by atoms with Crippen LogP contribution in [0.15, 0.2) is 43.0 Å². The molecule has 1 aromatic carbocycles. The largest absolute Gasteiger partial charge is 0.355 e. The molecule has 2 fully saturated rings. The summed E-state index contributed by atoms with van der Waals surface area (Å²) in [5.41, 5.74) is 0.607. The summed E-state index contributed by atoms with van der Waals surface area (Å²) < 4.78 is 15.7. The first-order chi connectivity index (χ1) is 12.1. The molecule has 0 bridgehead atoms. The van der Waals surface area contributed by atoms with Crippen LogP contribution in [0.3, 0.4) is 0 Å². The van der Waals surface area contributed by atoms with E-state index in [4.69, 9.17) is 0 Å². The zero-order valence-electron chi connectivity index (χ0n) is 14.4. The van der Waals surface area contributed by atoms with E-state index in [-0.39, 0.29) is 22.6 Å². The maximum absolute atomic E-state index is 13.7. The van der Waals surface area contributed by atoms with Gasteiger partial charge in [0.25, 0.3) is 0 Å². The number of imidazole rings is 1. The zero-order valence-corrected chi connectivity index (χ0v) is 14.4. The summed E-state index contributed by atoms with van der Waals surface area (Å²) in [5.74, 6) is -0.0715. The Balaban J connectivity index is 1.46. The monoisotopic (exact) mass is 341 g/mol. The van der Waals surface area contributed by atoms with Crippen molar-refractivity contribution in [3.8, 4) is 0 Å². The molecule has 2 saturated carbocycles. The molecule has 0 spiro atoms. The number of nitrogens with zero attached hydrogens (tertiary/aromatic N) is 2. The lowest BCUT2D eigenvalue weighted by atomic mass is 9.78. The van der Waals surface area contributed by atoms with Crippen molar-refractivity contribution < 1.29 is 9.18 Å². The normalized spacial score (nSPS) is 20.4. The van der Waals surface area contributed by atoms with Gasteiger partial charge in [0.2, 0.25) is 5.91 Å². The summed E-state index contributed by atoms with van der Waals surface area (Å²) in [6.07, 6.45) is 11.5. The first-order valence-electron chi connectivity index (χ1n) is 9.12. The van der Waals surface area contributed by atoms with Crippen LogP contribution in [0.5, 0.6) is 0 Å². The van der Waals surface area contributed by atoms with Crippen LogP contribution in [0.25, 0.3) is 0 Å². The van der Waals surface area contributed by atoms with Gasteiger partial charge in [0.15, 0.2) is 0 Å². The molecule has 2 aromatic rings. The number of benzene rings is 1. The second-order valence-corrected chi connectivity index (χ2v) is 7.70. The number of carbonyl (C=O) groups is 1. The first kappa shape index (κ1) is 16.3. The van der Waals surface area contributed by atoms with E-state index in [0.717, 1.165) is 44.1 Å². The molecule has 25 heavy (non-hydrogen) atoms. The number of aromatic nitrogens is 2. The van der Waals surface area contributed by atoms with E-state index in [1.165, 1.54) is 6.07 Å². The summed E-state index contributed by atoms with van der Waals surface area (Å²) >= 11 is 0. The summed E-state index contributed by atoms with van der Waals surface area (Å²) in [4.78, 5) is 16.9. The van der Waals surface area contributed by atoms with Gasteiger partial charge < -0.3 is 9.88 Å². The van der Waals surface area contributed by atoms with E-state index in [0.29, 0.717) is 13.1 Å². The number of nitrogens with one attached hydrogen (secondary N) is 1. The summed E-state index contributed by atoms with van der Waals surface area (Å²) in [6.45, 7) is 1.28. The van der Waals surface area contributed by atoms with Gasteiger partial charge in [-0.05, 0) is 43.4 Å². The molecule has 0 radical (unpaired) electrons. The van der Waals surface area contributed by atoms with Crippen LogP contribution in [0.4, 0.5) is 4.39 Å². The molecule has 1 amide bonds. The van der Waals surface area contributed by atoms with Crippen molar-refractivity contribution >= 4 is 5.91 Å². The third-order valence-corrected chi connectivity index (χ3v) is 5.96. The SMILES string of the molecule is O=C(NCC1(c2cccc(F)c2)CCCC1)C1(Cn2ccnc2)CC1. The highest BCUT2D eigenvalue weighted by Gasteiger charge is 2.50. The maximum Gasteiger partial charge on any atom is 0.228 e. The standard InChI is InChI=1S/C20H24FN3O/c21-17-5-3-4-16(12-17)19(6-1-2-7-19)13-23-18(25)20(8-9-20)14-24-11-10-22-15-24/h3-5,10-12,15H,1-2,6-9,13-14H2,(H,23,25). The van der Waals surface area contributed by atoms with E-state index < -0.39 is 0 Å². The maximum atomic E-state index is 13.7. The molecule has 0 atom stereocenters. The highest BCUT2D eigenvalue weighted by Crippen LogP contribution is 2.48. The number of hydrogen-bond acceptors (Lipinski definition) is 2. The number of carbonyl (C=O) groups excluding carboxylic acids is 1. The number of amides is 1. The molecule has 5 heteroatoms. The summed E-state index contributed by atoms with van der Waals surface area (Å²) in [5, 5.41) is 3.20. The van der Waals surface area contributed by atoms with Gasteiger partial charge in [-0.3, -0.25) is 4.79 Å². The fourth-order valence-corrected chi connectivity index (χ4v) is 4.21. The Kier molecular flexibility index (Phi) is 4.10. The minimum absolute atomic E-state index is 0.122. The average molecular weight is 341 g/mol. The molecule has 0 unspecified atom stereocenters. The molecule has 0 aliphatic heterocycles. The van der Waals surface area contributed by atoms with Gasteiger partial charge in [0, 0.05) is 30.9 Å². The minimum Gasteiger partial charge on any atom is -0.355 e. The minimum atomic E-state index is -0.289. The van der Waals surface area contributed by atoms with Gasteiger partial charge in [-0.25, -0.2) is 9.37 Å². The average Bonchev–Trinajstić information content (AvgIpc) is 3.01. The number of halogens is 1. The predicted molar refractivity (Wildman–Crippen MR) is 93.4 cm³/mol. The van der Waals surface area contributed by atoms with Crippen molar-refractivity contribution in [2.45, 2.75) is 50.5 Å². The molecule has 2 aliphatic carbocycles. The van der Waals surface area contributed by atoms with Crippen LogP contribution in [0, 0.1) is 11.2 Å². The second kappa shape index (κ2) is 6.28. The summed E-state index contributed by atoms with van der Waals surface area (Å²) in [6, 6.07) is 6.89. The Hall–Kier alpha value is -2.17. The van der Waals surface area contributed by atoms with Crippen molar-refractivity contribution in [1.82, 2.24) is 14.9 Å². The molecule has 1 aromatic heterocycles. The zero-order chi connectivity index (χ0) is 17.3. The quantitative estimate of drug-likeness (QED) is 0.875. The van der Waals surface area contributed by atoms with Gasteiger partial charge in [0.05, 0.1) is 11.7 Å². The van der Waals surface area contributed by atoms with Crippen LogP contribution in [0.1, 0.15) is 44.1 Å². The Morgan fingerprint density at radius 1 is 1.24 bits per heavy atom. The van der Waals surface area contributed by atoms with E-state index >= 15 is 0 Å². The van der Waals surface area contributed by atoms with Crippen LogP contribution >= 0.6 is 0 Å². The van der Waals surface area contributed by atoms with E-state index in [9.17, 15) is 9.18 Å². The summed E-state index contributed by atoms with van der Waals surface area (Å²) in [7, 11) is 0. The van der Waals surface area contributed by atoms with Gasteiger partial charge in [0.1, 0.15) is 5.82 Å². The molecule has 2 aliphatic rings. The lowest BCUT2D eigenvalue weighted by Gasteiger charge is -2.31. The molecule has 132 valence electrons. The van der Waals surface area contributed by atoms with E-state index in [2.05, 4.69) is 10.3 Å². The molecule has 0 saturated heterocycles. The number of hydrogen-bond donors (Lipinski definition) is 1.